The lowest BCUT2D eigenvalue weighted by Crippen LogP contribution is -2.26. The van der Waals surface area contributed by atoms with Crippen LogP contribution in [-0.2, 0) is 9.53 Å². The van der Waals surface area contributed by atoms with E-state index in [4.69, 9.17) is 16.3 Å². The standard InChI is InChI=1S/C11H14ClNO2/c1-7-9(12)5-4-6-10(7)13-11(14)8(2)15-3/h4-6,8H,1-3H3,(H,13,14). The van der Waals surface area contributed by atoms with Crippen molar-refractivity contribution in [1.82, 2.24) is 0 Å². The Morgan fingerprint density at radius 1 is 1.53 bits per heavy atom. The molecule has 82 valence electrons. The van der Waals surface area contributed by atoms with E-state index < -0.39 is 6.10 Å². The quantitative estimate of drug-likeness (QED) is 0.862. The van der Waals surface area contributed by atoms with E-state index >= 15 is 0 Å². The minimum absolute atomic E-state index is 0.178. The van der Waals surface area contributed by atoms with Crippen LogP contribution >= 0.6 is 11.6 Å². The Bertz CT molecular complexity index is 366. The number of ether oxygens (including phenoxy) is 1. The fourth-order valence-corrected chi connectivity index (χ4v) is 1.26. The van der Waals surface area contributed by atoms with Gasteiger partial charge in [-0.25, -0.2) is 0 Å². The van der Waals surface area contributed by atoms with Crippen LogP contribution in [0.15, 0.2) is 18.2 Å². The van der Waals surface area contributed by atoms with Gasteiger partial charge in [0.2, 0.25) is 0 Å². The van der Waals surface area contributed by atoms with E-state index in [0.717, 1.165) is 11.3 Å². The summed E-state index contributed by atoms with van der Waals surface area (Å²) in [7, 11) is 1.50. The van der Waals surface area contributed by atoms with Gasteiger partial charge in [0.25, 0.3) is 5.91 Å². The number of methoxy groups -OCH3 is 1. The maximum absolute atomic E-state index is 11.5. The van der Waals surface area contributed by atoms with Crippen molar-refractivity contribution >= 4 is 23.2 Å². The number of rotatable bonds is 3. The lowest BCUT2D eigenvalue weighted by molar-refractivity contribution is -0.124. The summed E-state index contributed by atoms with van der Waals surface area (Å²) in [6.45, 7) is 3.55. The van der Waals surface area contributed by atoms with Crippen LogP contribution in [0.4, 0.5) is 5.69 Å². The molecule has 1 unspecified atom stereocenters. The maximum Gasteiger partial charge on any atom is 0.253 e. The van der Waals surface area contributed by atoms with Gasteiger partial charge in [-0.3, -0.25) is 4.79 Å². The molecule has 1 N–H and O–H groups in total. The van der Waals surface area contributed by atoms with Crippen LogP contribution in [0.25, 0.3) is 0 Å². The molecule has 3 nitrogen and oxygen atoms in total. The summed E-state index contributed by atoms with van der Waals surface area (Å²) in [6, 6.07) is 5.39. The van der Waals surface area contributed by atoms with Crippen molar-refractivity contribution in [2.24, 2.45) is 0 Å². The number of carbonyl (C=O) groups excluding carboxylic acids is 1. The minimum Gasteiger partial charge on any atom is -0.372 e. The Balaban J connectivity index is 2.81. The monoisotopic (exact) mass is 227 g/mol. The average Bonchev–Trinajstić information content (AvgIpc) is 2.23. The van der Waals surface area contributed by atoms with Crippen LogP contribution < -0.4 is 5.32 Å². The molecule has 1 aromatic rings. The lowest BCUT2D eigenvalue weighted by atomic mass is 10.2. The molecule has 1 aromatic carbocycles. The molecule has 0 saturated heterocycles. The fraction of sp³-hybridized carbons (Fsp3) is 0.364. The van der Waals surface area contributed by atoms with E-state index in [2.05, 4.69) is 5.32 Å². The fourth-order valence-electron chi connectivity index (χ4n) is 1.08. The zero-order valence-corrected chi connectivity index (χ0v) is 9.76. The highest BCUT2D eigenvalue weighted by Gasteiger charge is 2.12. The maximum atomic E-state index is 11.5. The van der Waals surface area contributed by atoms with Crippen molar-refractivity contribution in [2.75, 3.05) is 12.4 Å². The number of anilines is 1. The Labute approximate surface area is 94.4 Å². The van der Waals surface area contributed by atoms with Crippen molar-refractivity contribution < 1.29 is 9.53 Å². The molecule has 1 atom stereocenters. The summed E-state index contributed by atoms with van der Waals surface area (Å²) in [5, 5.41) is 3.39. The minimum atomic E-state index is -0.469. The first-order valence-corrected chi connectivity index (χ1v) is 5.03. The summed E-state index contributed by atoms with van der Waals surface area (Å²) in [5.74, 6) is -0.178. The molecule has 4 heteroatoms. The summed E-state index contributed by atoms with van der Waals surface area (Å²) in [5.41, 5.74) is 1.58. The molecule has 0 spiro atoms. The molecule has 0 radical (unpaired) electrons. The average molecular weight is 228 g/mol. The second-order valence-corrected chi connectivity index (χ2v) is 3.69. The van der Waals surface area contributed by atoms with Crippen LogP contribution in [-0.4, -0.2) is 19.1 Å². The molecule has 0 aliphatic carbocycles. The van der Waals surface area contributed by atoms with Gasteiger partial charge in [-0.2, -0.15) is 0 Å². The predicted molar refractivity (Wildman–Crippen MR) is 61.3 cm³/mol. The highest BCUT2D eigenvalue weighted by Crippen LogP contribution is 2.22. The van der Waals surface area contributed by atoms with Crippen molar-refractivity contribution in [3.05, 3.63) is 28.8 Å². The van der Waals surface area contributed by atoms with Crippen LogP contribution in [0, 0.1) is 6.92 Å². The van der Waals surface area contributed by atoms with Gasteiger partial charge < -0.3 is 10.1 Å². The molecule has 0 fully saturated rings. The first kappa shape index (κ1) is 12.0. The van der Waals surface area contributed by atoms with E-state index in [9.17, 15) is 4.79 Å². The molecule has 15 heavy (non-hydrogen) atoms. The zero-order chi connectivity index (χ0) is 11.4. The molecule has 1 rings (SSSR count). The van der Waals surface area contributed by atoms with Gasteiger partial charge in [-0.05, 0) is 31.5 Å². The van der Waals surface area contributed by atoms with Gasteiger partial charge >= 0.3 is 0 Å². The highest BCUT2D eigenvalue weighted by molar-refractivity contribution is 6.31. The Morgan fingerprint density at radius 3 is 2.80 bits per heavy atom. The lowest BCUT2D eigenvalue weighted by Gasteiger charge is -2.12. The summed E-state index contributed by atoms with van der Waals surface area (Å²) < 4.78 is 4.91. The van der Waals surface area contributed by atoms with Gasteiger partial charge in [-0.15, -0.1) is 0 Å². The van der Waals surface area contributed by atoms with Gasteiger partial charge in [-0.1, -0.05) is 17.7 Å². The van der Waals surface area contributed by atoms with Gasteiger partial charge in [0.1, 0.15) is 6.10 Å². The number of amides is 1. The molecular weight excluding hydrogens is 214 g/mol. The van der Waals surface area contributed by atoms with Crippen LogP contribution in [0.5, 0.6) is 0 Å². The number of hydrogen-bond donors (Lipinski definition) is 1. The normalized spacial score (nSPS) is 12.3. The zero-order valence-electron chi connectivity index (χ0n) is 9.00. The Morgan fingerprint density at radius 2 is 2.20 bits per heavy atom. The van der Waals surface area contributed by atoms with E-state index in [1.54, 1.807) is 19.1 Å². The summed E-state index contributed by atoms with van der Waals surface area (Å²) in [6.07, 6.45) is -0.469. The van der Waals surface area contributed by atoms with Crippen molar-refractivity contribution in [3.8, 4) is 0 Å². The second kappa shape index (κ2) is 5.14. The molecule has 0 aliphatic heterocycles. The number of halogens is 1. The van der Waals surface area contributed by atoms with Crippen molar-refractivity contribution in [2.45, 2.75) is 20.0 Å². The third-order valence-corrected chi connectivity index (χ3v) is 2.66. The molecule has 0 aromatic heterocycles. The van der Waals surface area contributed by atoms with E-state index in [-0.39, 0.29) is 5.91 Å². The SMILES string of the molecule is COC(C)C(=O)Nc1cccc(Cl)c1C. The second-order valence-electron chi connectivity index (χ2n) is 3.28. The highest BCUT2D eigenvalue weighted by atomic mass is 35.5. The smallest absolute Gasteiger partial charge is 0.253 e. The third kappa shape index (κ3) is 2.94. The molecule has 0 saturated carbocycles. The predicted octanol–water partition coefficient (Wildman–Crippen LogP) is 2.62. The van der Waals surface area contributed by atoms with E-state index in [1.807, 2.05) is 13.0 Å². The summed E-state index contributed by atoms with van der Waals surface area (Å²) in [4.78, 5) is 11.5. The molecular formula is C11H14ClNO2. The van der Waals surface area contributed by atoms with Gasteiger partial charge in [0.15, 0.2) is 0 Å². The van der Waals surface area contributed by atoms with Crippen molar-refractivity contribution in [1.29, 1.82) is 0 Å². The third-order valence-electron chi connectivity index (χ3n) is 2.25. The van der Waals surface area contributed by atoms with Crippen LogP contribution in [0.3, 0.4) is 0 Å². The van der Waals surface area contributed by atoms with Crippen LogP contribution in [0.2, 0.25) is 5.02 Å². The van der Waals surface area contributed by atoms with Crippen LogP contribution in [0.1, 0.15) is 12.5 Å². The molecule has 0 aliphatic rings. The number of nitrogens with one attached hydrogen (secondary N) is 1. The summed E-state index contributed by atoms with van der Waals surface area (Å²) >= 11 is 5.93. The molecule has 1 amide bonds. The topological polar surface area (TPSA) is 38.3 Å². The van der Waals surface area contributed by atoms with E-state index in [1.165, 1.54) is 7.11 Å². The Kier molecular flexibility index (Phi) is 4.12. The molecule has 0 bridgehead atoms. The molecule has 0 heterocycles. The first-order valence-electron chi connectivity index (χ1n) is 4.65. The number of carbonyl (C=O) groups is 1. The number of hydrogen-bond acceptors (Lipinski definition) is 2. The van der Waals surface area contributed by atoms with Gasteiger partial charge in [0, 0.05) is 17.8 Å². The Hall–Kier alpha value is -1.06. The first-order chi connectivity index (χ1) is 7.06. The van der Waals surface area contributed by atoms with E-state index in [0.29, 0.717) is 5.02 Å². The van der Waals surface area contributed by atoms with Crippen molar-refractivity contribution in [3.63, 3.8) is 0 Å². The largest absolute Gasteiger partial charge is 0.372 e. The number of benzene rings is 1. The van der Waals surface area contributed by atoms with Gasteiger partial charge in [0.05, 0.1) is 0 Å².